The fourth-order valence-corrected chi connectivity index (χ4v) is 2.12. The quantitative estimate of drug-likeness (QED) is 0.554. The number of hydrogen-bond acceptors (Lipinski definition) is 3. The molecular formula is C13H17NOS. The molecular weight excluding hydrogens is 218 g/mol. The van der Waals surface area contributed by atoms with Crippen molar-refractivity contribution in [1.29, 1.82) is 5.26 Å². The number of thioether (sulfide) groups is 1. The summed E-state index contributed by atoms with van der Waals surface area (Å²) in [5, 5.41) is 9.14. The summed E-state index contributed by atoms with van der Waals surface area (Å²) in [5.41, 5.74) is 0.672. The fraction of sp³-hybridized carbons (Fsp3) is 0.462. The number of nitrogens with zero attached hydrogens (tertiary/aromatic N) is 1. The lowest BCUT2D eigenvalue weighted by molar-refractivity contribution is 0.308. The lowest BCUT2D eigenvalue weighted by Gasteiger charge is -2.09. The predicted octanol–water partition coefficient (Wildman–Crippen LogP) is 3.85. The Morgan fingerprint density at radius 1 is 1.38 bits per heavy atom. The van der Waals surface area contributed by atoms with Crippen molar-refractivity contribution in [1.82, 2.24) is 0 Å². The number of ether oxygens (including phenoxy) is 1. The Bertz CT molecular complexity index is 371. The van der Waals surface area contributed by atoms with Crippen molar-refractivity contribution in [2.45, 2.75) is 31.6 Å². The molecule has 0 heterocycles. The Morgan fingerprint density at radius 2 is 2.19 bits per heavy atom. The van der Waals surface area contributed by atoms with E-state index in [1.165, 1.54) is 0 Å². The normalized spacial score (nSPS) is 9.81. The number of hydrogen-bond donors (Lipinski definition) is 0. The van der Waals surface area contributed by atoms with Crippen molar-refractivity contribution in [3.05, 3.63) is 23.8 Å². The fourth-order valence-electron chi connectivity index (χ4n) is 1.34. The molecule has 1 rings (SSSR count). The zero-order valence-corrected chi connectivity index (χ0v) is 10.6. The van der Waals surface area contributed by atoms with E-state index in [1.807, 2.05) is 18.2 Å². The van der Waals surface area contributed by atoms with Crippen molar-refractivity contribution in [2.75, 3.05) is 12.4 Å². The third-order valence-electron chi connectivity index (χ3n) is 2.16. The van der Waals surface area contributed by atoms with Gasteiger partial charge in [0.15, 0.2) is 0 Å². The van der Waals surface area contributed by atoms with Gasteiger partial charge in [-0.25, -0.2) is 0 Å². The average molecular weight is 235 g/mol. The van der Waals surface area contributed by atoms with Crippen LogP contribution in [0.1, 0.15) is 32.3 Å². The first-order valence-electron chi connectivity index (χ1n) is 5.62. The SMILES string of the molecule is CCCCOc1cccc(SCC)c1C#N. The summed E-state index contributed by atoms with van der Waals surface area (Å²) in [6, 6.07) is 8.02. The molecule has 0 amide bonds. The molecule has 0 saturated carbocycles. The van der Waals surface area contributed by atoms with Gasteiger partial charge in [0.1, 0.15) is 17.4 Å². The summed E-state index contributed by atoms with van der Waals surface area (Å²) in [7, 11) is 0. The van der Waals surface area contributed by atoms with Crippen LogP contribution in [0, 0.1) is 11.3 Å². The van der Waals surface area contributed by atoms with Crippen LogP contribution >= 0.6 is 11.8 Å². The molecule has 0 spiro atoms. The molecule has 1 aromatic carbocycles. The number of rotatable bonds is 6. The van der Waals surface area contributed by atoms with Crippen LogP contribution in [0.4, 0.5) is 0 Å². The minimum atomic E-state index is 0.672. The van der Waals surface area contributed by atoms with E-state index in [4.69, 9.17) is 10.00 Å². The van der Waals surface area contributed by atoms with Crippen molar-refractivity contribution in [2.24, 2.45) is 0 Å². The smallest absolute Gasteiger partial charge is 0.138 e. The molecule has 0 N–H and O–H groups in total. The zero-order chi connectivity index (χ0) is 11.8. The molecule has 0 aliphatic carbocycles. The molecule has 0 saturated heterocycles. The molecule has 0 unspecified atom stereocenters. The maximum absolute atomic E-state index is 9.14. The van der Waals surface area contributed by atoms with Crippen LogP contribution in [-0.2, 0) is 0 Å². The summed E-state index contributed by atoms with van der Waals surface area (Å²) in [5.74, 6) is 1.68. The Morgan fingerprint density at radius 3 is 2.81 bits per heavy atom. The second-order valence-electron chi connectivity index (χ2n) is 3.38. The van der Waals surface area contributed by atoms with E-state index in [0.29, 0.717) is 12.2 Å². The van der Waals surface area contributed by atoms with E-state index >= 15 is 0 Å². The first-order chi connectivity index (χ1) is 7.83. The Labute approximate surface area is 102 Å². The van der Waals surface area contributed by atoms with Crippen molar-refractivity contribution >= 4 is 11.8 Å². The minimum absolute atomic E-state index is 0.672. The van der Waals surface area contributed by atoms with Gasteiger partial charge in [-0.2, -0.15) is 5.26 Å². The van der Waals surface area contributed by atoms with Crippen LogP contribution < -0.4 is 4.74 Å². The predicted molar refractivity (Wildman–Crippen MR) is 68.0 cm³/mol. The molecule has 3 heteroatoms. The van der Waals surface area contributed by atoms with Crippen molar-refractivity contribution in [3.63, 3.8) is 0 Å². The van der Waals surface area contributed by atoms with E-state index in [9.17, 15) is 0 Å². The second kappa shape index (κ2) is 7.19. The molecule has 16 heavy (non-hydrogen) atoms. The van der Waals surface area contributed by atoms with Gasteiger partial charge >= 0.3 is 0 Å². The van der Waals surface area contributed by atoms with Crippen LogP contribution in [0.2, 0.25) is 0 Å². The van der Waals surface area contributed by atoms with Gasteiger partial charge in [0.2, 0.25) is 0 Å². The summed E-state index contributed by atoms with van der Waals surface area (Å²) in [6.07, 6.45) is 2.13. The third kappa shape index (κ3) is 3.46. The highest BCUT2D eigenvalue weighted by molar-refractivity contribution is 7.99. The second-order valence-corrected chi connectivity index (χ2v) is 4.68. The molecule has 0 aromatic heterocycles. The van der Waals surface area contributed by atoms with Crippen LogP contribution in [0.5, 0.6) is 5.75 Å². The Kier molecular flexibility index (Phi) is 5.81. The summed E-state index contributed by atoms with van der Waals surface area (Å²) < 4.78 is 5.62. The highest BCUT2D eigenvalue weighted by atomic mass is 32.2. The van der Waals surface area contributed by atoms with Crippen LogP contribution in [0.25, 0.3) is 0 Å². The largest absolute Gasteiger partial charge is 0.492 e. The van der Waals surface area contributed by atoms with Crippen molar-refractivity contribution < 1.29 is 4.74 Å². The van der Waals surface area contributed by atoms with E-state index in [1.54, 1.807) is 11.8 Å². The maximum atomic E-state index is 9.14. The summed E-state index contributed by atoms with van der Waals surface area (Å²) >= 11 is 1.68. The number of benzene rings is 1. The molecule has 2 nitrogen and oxygen atoms in total. The molecule has 0 aliphatic rings. The Balaban J connectivity index is 2.83. The van der Waals surface area contributed by atoms with Gasteiger partial charge in [0.05, 0.1) is 6.61 Å². The lowest BCUT2D eigenvalue weighted by atomic mass is 10.2. The van der Waals surface area contributed by atoms with E-state index in [-0.39, 0.29) is 0 Å². The molecule has 0 atom stereocenters. The third-order valence-corrected chi connectivity index (χ3v) is 3.09. The monoisotopic (exact) mass is 235 g/mol. The summed E-state index contributed by atoms with van der Waals surface area (Å²) in [6.45, 7) is 4.89. The standard InChI is InChI=1S/C13H17NOS/c1-3-5-9-15-12-7-6-8-13(16-4-2)11(12)10-14/h6-8H,3-5,9H2,1-2H3. The van der Waals surface area contributed by atoms with E-state index < -0.39 is 0 Å². The van der Waals surface area contributed by atoms with Crippen LogP contribution in [0.3, 0.4) is 0 Å². The topological polar surface area (TPSA) is 33.0 Å². The molecule has 0 bridgehead atoms. The molecule has 0 radical (unpaired) electrons. The molecule has 0 fully saturated rings. The number of nitriles is 1. The van der Waals surface area contributed by atoms with Gasteiger partial charge in [-0.3, -0.25) is 0 Å². The Hall–Kier alpha value is -1.14. The first-order valence-corrected chi connectivity index (χ1v) is 6.60. The van der Waals surface area contributed by atoms with Crippen LogP contribution in [-0.4, -0.2) is 12.4 Å². The van der Waals surface area contributed by atoms with Gasteiger partial charge in [-0.1, -0.05) is 26.3 Å². The van der Waals surface area contributed by atoms with Crippen LogP contribution in [0.15, 0.2) is 23.1 Å². The van der Waals surface area contributed by atoms with Crippen molar-refractivity contribution in [3.8, 4) is 11.8 Å². The summed E-state index contributed by atoms with van der Waals surface area (Å²) in [4.78, 5) is 1.01. The zero-order valence-electron chi connectivity index (χ0n) is 9.82. The van der Waals surface area contributed by atoms with E-state index in [0.717, 1.165) is 29.2 Å². The minimum Gasteiger partial charge on any atom is -0.492 e. The molecule has 86 valence electrons. The van der Waals surface area contributed by atoms with Gasteiger partial charge in [0, 0.05) is 4.90 Å². The highest BCUT2D eigenvalue weighted by Crippen LogP contribution is 2.29. The van der Waals surface area contributed by atoms with Gasteiger partial charge in [0.25, 0.3) is 0 Å². The van der Waals surface area contributed by atoms with Gasteiger partial charge in [-0.05, 0) is 24.3 Å². The first kappa shape index (κ1) is 12.9. The molecule has 1 aromatic rings. The molecule has 0 aliphatic heterocycles. The van der Waals surface area contributed by atoms with E-state index in [2.05, 4.69) is 19.9 Å². The maximum Gasteiger partial charge on any atom is 0.138 e. The van der Waals surface area contributed by atoms with Gasteiger partial charge < -0.3 is 4.74 Å². The average Bonchev–Trinajstić information content (AvgIpc) is 2.30. The van der Waals surface area contributed by atoms with Gasteiger partial charge in [-0.15, -0.1) is 11.8 Å². The highest BCUT2D eigenvalue weighted by Gasteiger charge is 2.08. The lowest BCUT2D eigenvalue weighted by Crippen LogP contribution is -1.99. The number of unbranched alkanes of at least 4 members (excludes halogenated alkanes) is 1.